The highest BCUT2D eigenvalue weighted by molar-refractivity contribution is 5.40. The molecule has 0 unspecified atom stereocenters. The summed E-state index contributed by atoms with van der Waals surface area (Å²) < 4.78 is 5.24. The van der Waals surface area contributed by atoms with E-state index >= 15 is 0 Å². The number of anilines is 2. The van der Waals surface area contributed by atoms with E-state index < -0.39 is 0 Å². The van der Waals surface area contributed by atoms with Crippen LogP contribution in [0.5, 0.6) is 5.75 Å². The highest BCUT2D eigenvalue weighted by Crippen LogP contribution is 2.13. The van der Waals surface area contributed by atoms with Crippen molar-refractivity contribution in [2.75, 3.05) is 24.3 Å². The van der Waals surface area contributed by atoms with Gasteiger partial charge in [0.1, 0.15) is 11.6 Å². The van der Waals surface area contributed by atoms with E-state index in [9.17, 15) is 0 Å². The minimum atomic E-state index is 0.610. The quantitative estimate of drug-likeness (QED) is 0.659. The van der Waals surface area contributed by atoms with Crippen LogP contribution in [0.2, 0.25) is 0 Å². The van der Waals surface area contributed by atoms with Gasteiger partial charge in [-0.2, -0.15) is 4.98 Å². The van der Waals surface area contributed by atoms with Crippen LogP contribution in [0.3, 0.4) is 0 Å². The molecule has 1 aromatic carbocycles. The summed E-state index contributed by atoms with van der Waals surface area (Å²) >= 11 is 0. The highest BCUT2D eigenvalue weighted by Gasteiger charge is 2.01. The van der Waals surface area contributed by atoms with E-state index in [0.29, 0.717) is 12.5 Å². The van der Waals surface area contributed by atoms with Gasteiger partial charge in [-0.1, -0.05) is 18.2 Å². The Morgan fingerprint density at radius 1 is 1.00 bits per heavy atom. The second kappa shape index (κ2) is 8.63. The van der Waals surface area contributed by atoms with Crippen molar-refractivity contribution in [2.45, 2.75) is 13.0 Å². The van der Waals surface area contributed by atoms with Gasteiger partial charge in [0.25, 0.3) is 0 Å². The van der Waals surface area contributed by atoms with Crippen LogP contribution in [0, 0.1) is 0 Å². The summed E-state index contributed by atoms with van der Waals surface area (Å²) in [6, 6.07) is 13.8. The molecule has 0 aliphatic heterocycles. The van der Waals surface area contributed by atoms with Crippen molar-refractivity contribution in [3.05, 3.63) is 72.2 Å². The highest BCUT2D eigenvalue weighted by atomic mass is 16.5. The summed E-state index contributed by atoms with van der Waals surface area (Å²) in [4.78, 5) is 12.8. The zero-order valence-electron chi connectivity index (χ0n) is 14.1. The number of hydrogen-bond acceptors (Lipinski definition) is 6. The Kier molecular flexibility index (Phi) is 5.77. The van der Waals surface area contributed by atoms with Crippen LogP contribution in [0.15, 0.2) is 61.1 Å². The first-order valence-electron chi connectivity index (χ1n) is 8.16. The van der Waals surface area contributed by atoms with E-state index in [-0.39, 0.29) is 0 Å². The van der Waals surface area contributed by atoms with Crippen molar-refractivity contribution >= 4 is 11.8 Å². The van der Waals surface area contributed by atoms with Crippen LogP contribution in [-0.4, -0.2) is 28.6 Å². The summed E-state index contributed by atoms with van der Waals surface area (Å²) in [5, 5.41) is 6.53. The molecule has 128 valence electrons. The molecule has 6 heteroatoms. The lowest BCUT2D eigenvalue weighted by atomic mass is 10.1. The van der Waals surface area contributed by atoms with E-state index in [1.165, 1.54) is 5.56 Å². The van der Waals surface area contributed by atoms with Crippen LogP contribution >= 0.6 is 0 Å². The van der Waals surface area contributed by atoms with Gasteiger partial charge in [-0.3, -0.25) is 4.98 Å². The number of ether oxygens (including phenoxy) is 1. The van der Waals surface area contributed by atoms with Crippen molar-refractivity contribution in [3.63, 3.8) is 0 Å². The Bertz CT molecular complexity index is 795. The average molecular weight is 335 g/mol. The fourth-order valence-electron chi connectivity index (χ4n) is 2.38. The normalized spacial score (nSPS) is 10.3. The van der Waals surface area contributed by atoms with Gasteiger partial charge in [-0.05, 0) is 41.8 Å². The van der Waals surface area contributed by atoms with Gasteiger partial charge in [0.2, 0.25) is 5.95 Å². The fourth-order valence-corrected chi connectivity index (χ4v) is 2.38. The summed E-state index contributed by atoms with van der Waals surface area (Å²) in [6.45, 7) is 1.42. The summed E-state index contributed by atoms with van der Waals surface area (Å²) in [6.07, 6.45) is 6.21. The first-order chi connectivity index (χ1) is 12.3. The number of aromatic nitrogens is 3. The minimum absolute atomic E-state index is 0.610. The van der Waals surface area contributed by atoms with Gasteiger partial charge in [-0.15, -0.1) is 0 Å². The van der Waals surface area contributed by atoms with Gasteiger partial charge in [0.15, 0.2) is 0 Å². The van der Waals surface area contributed by atoms with Crippen LogP contribution in [0.4, 0.5) is 11.8 Å². The van der Waals surface area contributed by atoms with Gasteiger partial charge < -0.3 is 15.4 Å². The predicted molar refractivity (Wildman–Crippen MR) is 98.8 cm³/mol. The molecular weight excluding hydrogens is 314 g/mol. The maximum atomic E-state index is 5.24. The summed E-state index contributed by atoms with van der Waals surface area (Å²) in [5.74, 6) is 2.26. The maximum Gasteiger partial charge on any atom is 0.224 e. The van der Waals surface area contributed by atoms with Gasteiger partial charge in [0, 0.05) is 31.7 Å². The lowest BCUT2D eigenvalue weighted by Crippen LogP contribution is -2.09. The molecule has 2 aromatic heterocycles. The molecule has 2 N–H and O–H groups in total. The summed E-state index contributed by atoms with van der Waals surface area (Å²) in [7, 11) is 1.68. The molecule has 2 heterocycles. The Labute approximate surface area is 147 Å². The lowest BCUT2D eigenvalue weighted by molar-refractivity contribution is 0.414. The van der Waals surface area contributed by atoms with Crippen molar-refractivity contribution in [2.24, 2.45) is 0 Å². The molecule has 3 aromatic rings. The molecule has 6 nitrogen and oxygen atoms in total. The largest absolute Gasteiger partial charge is 0.497 e. The lowest BCUT2D eigenvalue weighted by Gasteiger charge is -2.09. The zero-order chi connectivity index (χ0) is 17.3. The molecule has 0 fully saturated rings. The first kappa shape index (κ1) is 16.7. The molecular formula is C19H21N5O. The van der Waals surface area contributed by atoms with Crippen LogP contribution in [-0.2, 0) is 13.0 Å². The van der Waals surface area contributed by atoms with E-state index in [2.05, 4.69) is 31.7 Å². The zero-order valence-corrected chi connectivity index (χ0v) is 14.1. The van der Waals surface area contributed by atoms with E-state index in [0.717, 1.165) is 30.1 Å². The number of benzene rings is 1. The van der Waals surface area contributed by atoms with Crippen molar-refractivity contribution in [3.8, 4) is 5.75 Å². The second-order valence-electron chi connectivity index (χ2n) is 5.51. The molecule has 0 aliphatic rings. The third-order valence-electron chi connectivity index (χ3n) is 3.68. The van der Waals surface area contributed by atoms with E-state index in [4.69, 9.17) is 4.74 Å². The van der Waals surface area contributed by atoms with Crippen molar-refractivity contribution in [1.82, 2.24) is 15.0 Å². The van der Waals surface area contributed by atoms with Gasteiger partial charge in [-0.25, -0.2) is 4.98 Å². The molecule has 3 rings (SSSR count). The molecule has 0 radical (unpaired) electrons. The molecule has 0 aliphatic carbocycles. The smallest absolute Gasteiger partial charge is 0.224 e. The van der Waals surface area contributed by atoms with Crippen LogP contribution < -0.4 is 15.4 Å². The molecule has 0 spiro atoms. The standard InChI is InChI=1S/C19H21N5O/c1-25-17-6-2-4-15(12-17)7-10-21-19-22-11-8-18(24-19)23-14-16-5-3-9-20-13-16/h2-6,8-9,11-13H,7,10,14H2,1H3,(H2,21,22,23,24). The number of methoxy groups -OCH3 is 1. The Morgan fingerprint density at radius 3 is 2.76 bits per heavy atom. The second-order valence-corrected chi connectivity index (χ2v) is 5.51. The number of nitrogens with one attached hydrogen (secondary N) is 2. The number of rotatable bonds is 8. The van der Waals surface area contributed by atoms with Gasteiger partial charge >= 0.3 is 0 Å². The Hall–Kier alpha value is -3.15. The fraction of sp³-hybridized carbons (Fsp3) is 0.211. The van der Waals surface area contributed by atoms with Crippen molar-refractivity contribution < 1.29 is 4.74 Å². The molecule has 0 atom stereocenters. The average Bonchev–Trinajstić information content (AvgIpc) is 2.68. The number of hydrogen-bond donors (Lipinski definition) is 2. The number of pyridine rings is 1. The third kappa shape index (κ3) is 5.17. The molecule has 0 amide bonds. The topological polar surface area (TPSA) is 72.0 Å². The summed E-state index contributed by atoms with van der Waals surface area (Å²) in [5.41, 5.74) is 2.31. The minimum Gasteiger partial charge on any atom is -0.497 e. The molecule has 0 saturated heterocycles. The Morgan fingerprint density at radius 2 is 1.92 bits per heavy atom. The maximum absolute atomic E-state index is 5.24. The van der Waals surface area contributed by atoms with Crippen LogP contribution in [0.1, 0.15) is 11.1 Å². The monoisotopic (exact) mass is 335 g/mol. The number of nitrogens with zero attached hydrogens (tertiary/aromatic N) is 3. The molecule has 25 heavy (non-hydrogen) atoms. The first-order valence-corrected chi connectivity index (χ1v) is 8.16. The molecule has 0 bridgehead atoms. The third-order valence-corrected chi connectivity index (χ3v) is 3.68. The van der Waals surface area contributed by atoms with E-state index in [1.54, 1.807) is 19.5 Å². The predicted octanol–water partition coefficient (Wildman–Crippen LogP) is 3.15. The Balaban J connectivity index is 1.51. The van der Waals surface area contributed by atoms with Crippen molar-refractivity contribution in [1.29, 1.82) is 0 Å². The van der Waals surface area contributed by atoms with Gasteiger partial charge in [0.05, 0.1) is 7.11 Å². The van der Waals surface area contributed by atoms with E-state index in [1.807, 2.05) is 42.6 Å². The molecule has 0 saturated carbocycles. The van der Waals surface area contributed by atoms with Crippen LogP contribution in [0.25, 0.3) is 0 Å². The SMILES string of the molecule is COc1cccc(CCNc2nccc(NCc3cccnc3)n2)c1.